The van der Waals surface area contributed by atoms with Gasteiger partial charge in [0, 0.05) is 18.7 Å². The molecule has 0 aliphatic carbocycles. The molecular weight excluding hydrogens is 326 g/mol. The molecule has 0 saturated heterocycles. The van der Waals surface area contributed by atoms with Crippen LogP contribution in [-0.2, 0) is 11.3 Å². The SMILES string of the molecule is CCCC(C(=O)N(CC)Cc1cccc2c1OCCO2)c1ccccc1. The number of rotatable bonds is 7. The summed E-state index contributed by atoms with van der Waals surface area (Å²) in [6.45, 7) is 6.47. The van der Waals surface area contributed by atoms with E-state index in [0.717, 1.165) is 35.5 Å². The van der Waals surface area contributed by atoms with E-state index >= 15 is 0 Å². The van der Waals surface area contributed by atoms with Gasteiger partial charge in [-0.3, -0.25) is 4.79 Å². The monoisotopic (exact) mass is 353 g/mol. The molecule has 0 spiro atoms. The Morgan fingerprint density at radius 3 is 2.54 bits per heavy atom. The summed E-state index contributed by atoms with van der Waals surface area (Å²) in [6.07, 6.45) is 1.83. The van der Waals surface area contributed by atoms with Crippen LogP contribution in [0.5, 0.6) is 11.5 Å². The van der Waals surface area contributed by atoms with E-state index in [-0.39, 0.29) is 11.8 Å². The van der Waals surface area contributed by atoms with Gasteiger partial charge >= 0.3 is 0 Å². The fourth-order valence-corrected chi connectivity index (χ4v) is 3.44. The number of carbonyl (C=O) groups excluding carboxylic acids is 1. The van der Waals surface area contributed by atoms with Crippen molar-refractivity contribution in [1.29, 1.82) is 0 Å². The minimum atomic E-state index is -0.0992. The van der Waals surface area contributed by atoms with Crippen molar-refractivity contribution in [2.24, 2.45) is 0 Å². The molecule has 0 bridgehead atoms. The first-order valence-corrected chi connectivity index (χ1v) is 9.45. The van der Waals surface area contributed by atoms with Crippen molar-refractivity contribution in [3.8, 4) is 11.5 Å². The van der Waals surface area contributed by atoms with E-state index in [1.807, 2.05) is 60.4 Å². The first-order chi connectivity index (χ1) is 12.7. The molecule has 2 aromatic carbocycles. The van der Waals surface area contributed by atoms with Crippen molar-refractivity contribution >= 4 is 5.91 Å². The van der Waals surface area contributed by atoms with Crippen LogP contribution in [0, 0.1) is 0 Å². The number of carbonyl (C=O) groups is 1. The van der Waals surface area contributed by atoms with Crippen molar-refractivity contribution in [3.63, 3.8) is 0 Å². The maximum Gasteiger partial charge on any atom is 0.230 e. The van der Waals surface area contributed by atoms with E-state index in [1.165, 1.54) is 0 Å². The van der Waals surface area contributed by atoms with Crippen LogP contribution in [-0.4, -0.2) is 30.6 Å². The number of para-hydroxylation sites is 1. The largest absolute Gasteiger partial charge is 0.486 e. The Morgan fingerprint density at radius 1 is 1.04 bits per heavy atom. The maximum atomic E-state index is 13.3. The van der Waals surface area contributed by atoms with Crippen LogP contribution in [0.4, 0.5) is 0 Å². The van der Waals surface area contributed by atoms with Gasteiger partial charge in [0.25, 0.3) is 0 Å². The summed E-state index contributed by atoms with van der Waals surface area (Å²) in [4.78, 5) is 15.2. The highest BCUT2D eigenvalue weighted by Gasteiger charge is 2.26. The van der Waals surface area contributed by atoms with E-state index in [2.05, 4.69) is 6.92 Å². The van der Waals surface area contributed by atoms with Crippen molar-refractivity contribution in [2.75, 3.05) is 19.8 Å². The molecule has 138 valence electrons. The predicted octanol–water partition coefficient (Wildman–Crippen LogP) is 4.39. The van der Waals surface area contributed by atoms with Crippen LogP contribution in [0.3, 0.4) is 0 Å². The smallest absolute Gasteiger partial charge is 0.230 e. The minimum Gasteiger partial charge on any atom is -0.486 e. The first-order valence-electron chi connectivity index (χ1n) is 9.45. The second kappa shape index (κ2) is 8.75. The van der Waals surface area contributed by atoms with Gasteiger partial charge in [-0.15, -0.1) is 0 Å². The molecule has 1 amide bonds. The average molecular weight is 353 g/mol. The fraction of sp³-hybridized carbons (Fsp3) is 0.409. The summed E-state index contributed by atoms with van der Waals surface area (Å²) < 4.78 is 11.5. The van der Waals surface area contributed by atoms with Crippen molar-refractivity contribution in [2.45, 2.75) is 39.2 Å². The molecule has 4 nitrogen and oxygen atoms in total. The van der Waals surface area contributed by atoms with Crippen LogP contribution in [0.15, 0.2) is 48.5 Å². The third-order valence-corrected chi connectivity index (χ3v) is 4.78. The van der Waals surface area contributed by atoms with Gasteiger partial charge in [0.1, 0.15) is 13.2 Å². The number of likely N-dealkylation sites (N-methyl/N-ethyl adjacent to an activating group) is 1. The Labute approximate surface area is 155 Å². The summed E-state index contributed by atoms with van der Waals surface area (Å²) in [5.41, 5.74) is 2.09. The lowest BCUT2D eigenvalue weighted by Gasteiger charge is -2.28. The Bertz CT molecular complexity index is 729. The molecule has 1 aliphatic heterocycles. The number of hydrogen-bond donors (Lipinski definition) is 0. The Morgan fingerprint density at radius 2 is 1.81 bits per heavy atom. The van der Waals surface area contributed by atoms with Gasteiger partial charge in [0.05, 0.1) is 5.92 Å². The van der Waals surface area contributed by atoms with E-state index in [0.29, 0.717) is 26.3 Å². The number of amides is 1. The van der Waals surface area contributed by atoms with Crippen LogP contribution in [0.1, 0.15) is 43.7 Å². The standard InChI is InChI=1S/C22H27NO3/c1-3-9-19(17-10-6-5-7-11-17)22(24)23(4-2)16-18-12-8-13-20-21(18)26-15-14-25-20/h5-8,10-13,19H,3-4,9,14-16H2,1-2H3. The lowest BCUT2D eigenvalue weighted by molar-refractivity contribution is -0.133. The zero-order valence-electron chi connectivity index (χ0n) is 15.6. The molecule has 0 fully saturated rings. The molecule has 4 heteroatoms. The zero-order valence-corrected chi connectivity index (χ0v) is 15.6. The highest BCUT2D eigenvalue weighted by Crippen LogP contribution is 2.35. The molecule has 1 atom stereocenters. The number of benzene rings is 2. The highest BCUT2D eigenvalue weighted by atomic mass is 16.6. The summed E-state index contributed by atoms with van der Waals surface area (Å²) in [5, 5.41) is 0. The van der Waals surface area contributed by atoms with Gasteiger partial charge < -0.3 is 14.4 Å². The summed E-state index contributed by atoms with van der Waals surface area (Å²) in [5.74, 6) is 1.62. The number of fused-ring (bicyclic) bond motifs is 1. The van der Waals surface area contributed by atoms with E-state index < -0.39 is 0 Å². The molecular formula is C22H27NO3. The molecule has 1 heterocycles. The lowest BCUT2D eigenvalue weighted by atomic mass is 9.93. The number of ether oxygens (including phenoxy) is 2. The second-order valence-electron chi connectivity index (χ2n) is 6.55. The molecule has 0 radical (unpaired) electrons. The minimum absolute atomic E-state index is 0.0992. The molecule has 3 rings (SSSR count). The third-order valence-electron chi connectivity index (χ3n) is 4.78. The molecule has 1 unspecified atom stereocenters. The quantitative estimate of drug-likeness (QED) is 0.741. The summed E-state index contributed by atoms with van der Waals surface area (Å²) in [7, 11) is 0. The first kappa shape index (κ1) is 18.3. The van der Waals surface area contributed by atoms with E-state index in [4.69, 9.17) is 9.47 Å². The second-order valence-corrected chi connectivity index (χ2v) is 6.55. The van der Waals surface area contributed by atoms with Crippen LogP contribution in [0.25, 0.3) is 0 Å². The molecule has 1 aliphatic rings. The molecule has 2 aromatic rings. The molecule has 0 aromatic heterocycles. The molecule has 26 heavy (non-hydrogen) atoms. The van der Waals surface area contributed by atoms with Crippen LogP contribution >= 0.6 is 0 Å². The van der Waals surface area contributed by atoms with Gasteiger partial charge in [0.15, 0.2) is 11.5 Å². The Balaban J connectivity index is 1.82. The average Bonchev–Trinajstić information content (AvgIpc) is 2.70. The Hall–Kier alpha value is -2.49. The molecule has 0 N–H and O–H groups in total. The van der Waals surface area contributed by atoms with Gasteiger partial charge in [-0.25, -0.2) is 0 Å². The molecule has 0 saturated carbocycles. The third kappa shape index (κ3) is 4.01. The van der Waals surface area contributed by atoms with Crippen molar-refractivity contribution < 1.29 is 14.3 Å². The van der Waals surface area contributed by atoms with Gasteiger partial charge in [-0.1, -0.05) is 55.8 Å². The lowest BCUT2D eigenvalue weighted by Crippen LogP contribution is -2.35. The zero-order chi connectivity index (χ0) is 18.4. The van der Waals surface area contributed by atoms with E-state index in [1.54, 1.807) is 0 Å². The fourth-order valence-electron chi connectivity index (χ4n) is 3.44. The summed E-state index contributed by atoms with van der Waals surface area (Å²) in [6, 6.07) is 16.0. The summed E-state index contributed by atoms with van der Waals surface area (Å²) >= 11 is 0. The Kier molecular flexibility index (Phi) is 6.16. The highest BCUT2D eigenvalue weighted by molar-refractivity contribution is 5.83. The topological polar surface area (TPSA) is 38.8 Å². The van der Waals surface area contributed by atoms with Crippen LogP contribution < -0.4 is 9.47 Å². The van der Waals surface area contributed by atoms with Gasteiger partial charge in [-0.05, 0) is 25.0 Å². The normalized spacial score (nSPS) is 13.9. The predicted molar refractivity (Wildman–Crippen MR) is 103 cm³/mol. The van der Waals surface area contributed by atoms with Crippen LogP contribution in [0.2, 0.25) is 0 Å². The number of nitrogens with zero attached hydrogens (tertiary/aromatic N) is 1. The van der Waals surface area contributed by atoms with Gasteiger partial charge in [-0.2, -0.15) is 0 Å². The maximum absolute atomic E-state index is 13.3. The van der Waals surface area contributed by atoms with E-state index in [9.17, 15) is 4.79 Å². The van der Waals surface area contributed by atoms with Gasteiger partial charge in [0.2, 0.25) is 5.91 Å². The van der Waals surface area contributed by atoms with Crippen molar-refractivity contribution in [1.82, 2.24) is 4.90 Å². The van der Waals surface area contributed by atoms with Crippen molar-refractivity contribution in [3.05, 3.63) is 59.7 Å². The number of hydrogen-bond acceptors (Lipinski definition) is 3.